The molecule has 0 aliphatic rings. The van der Waals surface area contributed by atoms with Gasteiger partial charge in [-0.25, -0.2) is 10.8 Å². The number of aromatic nitrogens is 1. The minimum Gasteiger partial charge on any atom is -0.338 e. The molecule has 0 aliphatic carbocycles. The average molecular weight is 348 g/mol. The van der Waals surface area contributed by atoms with E-state index in [0.29, 0.717) is 21.7 Å². The van der Waals surface area contributed by atoms with Crippen LogP contribution in [-0.4, -0.2) is 4.98 Å². The van der Waals surface area contributed by atoms with Crippen molar-refractivity contribution in [2.45, 2.75) is 0 Å². The van der Waals surface area contributed by atoms with E-state index < -0.39 is 0 Å². The summed E-state index contributed by atoms with van der Waals surface area (Å²) in [5.41, 5.74) is 3.25. The summed E-state index contributed by atoms with van der Waals surface area (Å²) in [5, 5.41) is 3.87. The highest BCUT2D eigenvalue weighted by atomic mass is 79.9. The molecule has 0 bridgehead atoms. The highest BCUT2D eigenvalue weighted by Crippen LogP contribution is 2.32. The first-order valence-electron chi connectivity index (χ1n) is 4.96. The molecule has 0 saturated carbocycles. The third-order valence-electron chi connectivity index (χ3n) is 2.19. The minimum absolute atomic E-state index is 0.357. The number of para-hydroxylation sites is 1. The number of hydrogen-bond acceptors (Lipinski definition) is 4. The number of nitrogen functional groups attached to an aromatic ring is 1. The van der Waals surface area contributed by atoms with Gasteiger partial charge in [0, 0.05) is 4.47 Å². The van der Waals surface area contributed by atoms with E-state index in [-0.39, 0.29) is 0 Å². The monoisotopic (exact) mass is 346 g/mol. The molecule has 18 heavy (non-hydrogen) atoms. The molecule has 0 fully saturated rings. The molecule has 2 aromatic rings. The summed E-state index contributed by atoms with van der Waals surface area (Å²) < 4.78 is 0.903. The van der Waals surface area contributed by atoms with Crippen LogP contribution in [0.5, 0.6) is 0 Å². The zero-order chi connectivity index (χ0) is 13.1. The second-order valence-electron chi connectivity index (χ2n) is 3.40. The van der Waals surface area contributed by atoms with Gasteiger partial charge in [-0.3, -0.25) is 0 Å². The van der Waals surface area contributed by atoms with E-state index in [9.17, 15) is 0 Å². The summed E-state index contributed by atoms with van der Waals surface area (Å²) >= 11 is 15.4. The van der Waals surface area contributed by atoms with Crippen molar-refractivity contribution in [1.29, 1.82) is 0 Å². The van der Waals surface area contributed by atoms with E-state index >= 15 is 0 Å². The lowest BCUT2D eigenvalue weighted by Crippen LogP contribution is -2.10. The molecule has 0 spiro atoms. The number of halogens is 3. The van der Waals surface area contributed by atoms with Gasteiger partial charge in [-0.1, -0.05) is 35.3 Å². The number of pyridine rings is 1. The van der Waals surface area contributed by atoms with Crippen molar-refractivity contribution < 1.29 is 0 Å². The first-order chi connectivity index (χ1) is 8.61. The number of rotatable bonds is 3. The summed E-state index contributed by atoms with van der Waals surface area (Å²) in [4.78, 5) is 4.19. The van der Waals surface area contributed by atoms with Gasteiger partial charge in [0.25, 0.3) is 0 Å². The summed E-state index contributed by atoms with van der Waals surface area (Å²) in [7, 11) is 0. The maximum absolute atomic E-state index is 6.07. The third kappa shape index (κ3) is 2.87. The van der Waals surface area contributed by atoms with Crippen LogP contribution in [0.1, 0.15) is 0 Å². The van der Waals surface area contributed by atoms with Crippen molar-refractivity contribution in [2.75, 3.05) is 10.7 Å². The molecule has 94 valence electrons. The molecule has 1 aromatic heterocycles. The van der Waals surface area contributed by atoms with Crippen LogP contribution in [0.4, 0.5) is 17.3 Å². The summed E-state index contributed by atoms with van der Waals surface area (Å²) in [5.74, 6) is 6.15. The minimum atomic E-state index is 0.357. The Hall–Kier alpha value is -1.01. The molecule has 0 amide bonds. The largest absolute Gasteiger partial charge is 0.338 e. The maximum atomic E-state index is 6.07. The quantitative estimate of drug-likeness (QED) is 0.575. The zero-order valence-corrected chi connectivity index (χ0v) is 12.1. The van der Waals surface area contributed by atoms with Crippen LogP contribution < -0.4 is 16.6 Å². The fourth-order valence-electron chi connectivity index (χ4n) is 1.35. The Bertz CT molecular complexity index is 577. The topological polar surface area (TPSA) is 63.0 Å². The first-order valence-corrected chi connectivity index (χ1v) is 6.51. The molecule has 1 aromatic carbocycles. The van der Waals surface area contributed by atoms with Gasteiger partial charge >= 0.3 is 0 Å². The van der Waals surface area contributed by atoms with E-state index in [4.69, 9.17) is 29.0 Å². The highest BCUT2D eigenvalue weighted by Gasteiger charge is 2.09. The van der Waals surface area contributed by atoms with Crippen molar-refractivity contribution in [3.8, 4) is 0 Å². The van der Waals surface area contributed by atoms with E-state index in [0.717, 1.165) is 10.2 Å². The second-order valence-corrected chi connectivity index (χ2v) is 5.07. The SMILES string of the molecule is NNc1nc(Nc2ccccc2Br)c(Cl)cc1Cl. The lowest BCUT2D eigenvalue weighted by molar-refractivity contribution is 1.22. The smallest absolute Gasteiger partial charge is 0.161 e. The van der Waals surface area contributed by atoms with E-state index in [1.54, 1.807) is 6.07 Å². The van der Waals surface area contributed by atoms with Gasteiger partial charge in [0.2, 0.25) is 0 Å². The Labute approximate surface area is 123 Å². The number of hydrogen-bond donors (Lipinski definition) is 3. The molecule has 0 radical (unpaired) electrons. The number of hydrazine groups is 1. The van der Waals surface area contributed by atoms with Crippen LogP contribution >= 0.6 is 39.1 Å². The molecule has 0 atom stereocenters. The Morgan fingerprint density at radius 3 is 2.44 bits per heavy atom. The molecule has 2 rings (SSSR count). The lowest BCUT2D eigenvalue weighted by atomic mass is 10.3. The van der Waals surface area contributed by atoms with Crippen molar-refractivity contribution in [3.05, 3.63) is 44.8 Å². The number of nitrogens with zero attached hydrogens (tertiary/aromatic N) is 1. The standard InChI is InChI=1S/C11H9BrCl2N4/c12-6-3-1-2-4-9(6)16-10-7(13)5-8(14)11(17-10)18-15/h1-5H,15H2,(H2,16,17,18). The van der Waals surface area contributed by atoms with Gasteiger partial charge in [0.05, 0.1) is 15.7 Å². The van der Waals surface area contributed by atoms with Gasteiger partial charge in [0.15, 0.2) is 11.6 Å². The van der Waals surface area contributed by atoms with E-state index in [1.807, 2.05) is 24.3 Å². The predicted molar refractivity (Wildman–Crippen MR) is 79.5 cm³/mol. The molecular weight excluding hydrogens is 339 g/mol. The fourth-order valence-corrected chi connectivity index (χ4v) is 2.19. The number of anilines is 3. The number of nitrogens with one attached hydrogen (secondary N) is 2. The number of nitrogens with two attached hydrogens (primary N) is 1. The van der Waals surface area contributed by atoms with Crippen molar-refractivity contribution in [1.82, 2.24) is 4.98 Å². The van der Waals surface area contributed by atoms with Gasteiger partial charge in [-0.05, 0) is 34.1 Å². The molecule has 4 N–H and O–H groups in total. The Balaban J connectivity index is 2.38. The van der Waals surface area contributed by atoms with Crippen LogP contribution in [0.2, 0.25) is 10.0 Å². The predicted octanol–water partition coefficient (Wildman–Crippen LogP) is 4.18. The Morgan fingerprint density at radius 1 is 1.11 bits per heavy atom. The van der Waals surface area contributed by atoms with Crippen molar-refractivity contribution in [2.24, 2.45) is 5.84 Å². The van der Waals surface area contributed by atoms with Crippen molar-refractivity contribution >= 4 is 56.5 Å². The van der Waals surface area contributed by atoms with Crippen LogP contribution in [0.25, 0.3) is 0 Å². The Kier molecular flexibility index (Phi) is 4.29. The molecule has 1 heterocycles. The molecule has 0 aliphatic heterocycles. The van der Waals surface area contributed by atoms with Crippen LogP contribution in [0.3, 0.4) is 0 Å². The maximum Gasteiger partial charge on any atom is 0.161 e. The van der Waals surface area contributed by atoms with Crippen molar-refractivity contribution in [3.63, 3.8) is 0 Å². The van der Waals surface area contributed by atoms with Crippen LogP contribution in [0.15, 0.2) is 34.8 Å². The molecular formula is C11H9BrCl2N4. The summed E-state index contributed by atoms with van der Waals surface area (Å²) in [6.45, 7) is 0. The lowest BCUT2D eigenvalue weighted by Gasteiger charge is -2.11. The van der Waals surface area contributed by atoms with Gasteiger partial charge in [-0.2, -0.15) is 0 Å². The molecule has 0 unspecified atom stereocenters. The van der Waals surface area contributed by atoms with Gasteiger partial charge < -0.3 is 10.7 Å². The van der Waals surface area contributed by atoms with E-state index in [2.05, 4.69) is 31.7 Å². The molecule has 7 heteroatoms. The summed E-state index contributed by atoms with van der Waals surface area (Å²) in [6, 6.07) is 9.20. The van der Waals surface area contributed by atoms with Crippen LogP contribution in [-0.2, 0) is 0 Å². The second kappa shape index (κ2) is 5.75. The van der Waals surface area contributed by atoms with Gasteiger partial charge in [0.1, 0.15) is 0 Å². The highest BCUT2D eigenvalue weighted by molar-refractivity contribution is 9.10. The Morgan fingerprint density at radius 2 is 1.78 bits per heavy atom. The van der Waals surface area contributed by atoms with E-state index in [1.165, 1.54) is 0 Å². The molecule has 4 nitrogen and oxygen atoms in total. The number of benzene rings is 1. The normalized spacial score (nSPS) is 10.2. The summed E-state index contributed by atoms with van der Waals surface area (Å²) in [6.07, 6.45) is 0. The molecule has 0 saturated heterocycles. The zero-order valence-electron chi connectivity index (χ0n) is 9.05. The third-order valence-corrected chi connectivity index (χ3v) is 3.46. The average Bonchev–Trinajstić information content (AvgIpc) is 2.35. The van der Waals surface area contributed by atoms with Crippen LogP contribution in [0, 0.1) is 0 Å². The van der Waals surface area contributed by atoms with Gasteiger partial charge in [-0.15, -0.1) is 0 Å². The first kappa shape index (κ1) is 13.4. The fraction of sp³-hybridized carbons (Fsp3) is 0.